The van der Waals surface area contributed by atoms with Gasteiger partial charge in [-0.15, -0.1) is 0 Å². The summed E-state index contributed by atoms with van der Waals surface area (Å²) in [6, 6.07) is 12.1. The van der Waals surface area contributed by atoms with E-state index < -0.39 is 0 Å². The van der Waals surface area contributed by atoms with Crippen LogP contribution in [0, 0.1) is 18.3 Å². The molecule has 27 heavy (non-hydrogen) atoms. The normalized spacial score (nSPS) is 20.7. The Morgan fingerprint density at radius 1 is 1.22 bits per heavy atom. The SMILES string of the molecule is Cc1cccn2cc(-c3ccc(NC(=O)C4CC45CCNCC5)cc3)nc12. The first-order valence-corrected chi connectivity index (χ1v) is 9.71. The van der Waals surface area contributed by atoms with E-state index in [0.717, 1.165) is 60.5 Å². The van der Waals surface area contributed by atoms with Gasteiger partial charge in [-0.05, 0) is 68.5 Å². The highest BCUT2D eigenvalue weighted by Gasteiger charge is 2.57. The Hall–Kier alpha value is -2.66. The van der Waals surface area contributed by atoms with E-state index in [0.29, 0.717) is 0 Å². The van der Waals surface area contributed by atoms with Crippen molar-refractivity contribution >= 4 is 17.2 Å². The third-order valence-electron chi connectivity index (χ3n) is 6.23. The van der Waals surface area contributed by atoms with Crippen molar-refractivity contribution in [3.8, 4) is 11.3 Å². The van der Waals surface area contributed by atoms with Crippen LogP contribution >= 0.6 is 0 Å². The molecule has 2 fully saturated rings. The van der Waals surface area contributed by atoms with Crippen LogP contribution in [0.3, 0.4) is 0 Å². The Balaban J connectivity index is 1.30. The Morgan fingerprint density at radius 2 is 2.00 bits per heavy atom. The summed E-state index contributed by atoms with van der Waals surface area (Å²) >= 11 is 0. The fourth-order valence-electron chi connectivity index (χ4n) is 4.44. The Labute approximate surface area is 158 Å². The zero-order valence-corrected chi connectivity index (χ0v) is 15.5. The maximum Gasteiger partial charge on any atom is 0.228 e. The van der Waals surface area contributed by atoms with Crippen LogP contribution in [0.4, 0.5) is 5.69 Å². The summed E-state index contributed by atoms with van der Waals surface area (Å²) in [7, 11) is 0. The summed E-state index contributed by atoms with van der Waals surface area (Å²) in [5.41, 5.74) is 5.26. The zero-order chi connectivity index (χ0) is 18.4. The Bertz CT molecular complexity index is 999. The highest BCUT2D eigenvalue weighted by atomic mass is 16.2. The molecule has 1 saturated heterocycles. The molecule has 1 aliphatic heterocycles. The van der Waals surface area contributed by atoms with Gasteiger partial charge < -0.3 is 15.0 Å². The van der Waals surface area contributed by atoms with Gasteiger partial charge in [0.15, 0.2) is 0 Å². The number of carbonyl (C=O) groups excluding carboxylic acids is 1. The fraction of sp³-hybridized carbons (Fsp3) is 0.364. The summed E-state index contributed by atoms with van der Waals surface area (Å²) in [5, 5.41) is 6.49. The summed E-state index contributed by atoms with van der Waals surface area (Å²) in [6.07, 6.45) is 7.34. The molecule has 0 radical (unpaired) electrons. The number of nitrogens with zero attached hydrogens (tertiary/aromatic N) is 2. The van der Waals surface area contributed by atoms with Gasteiger partial charge in [-0.25, -0.2) is 4.98 Å². The quantitative estimate of drug-likeness (QED) is 0.750. The number of aryl methyl sites for hydroxylation is 1. The van der Waals surface area contributed by atoms with Crippen molar-refractivity contribution in [3.05, 3.63) is 54.4 Å². The fourth-order valence-corrected chi connectivity index (χ4v) is 4.44. The predicted octanol–water partition coefficient (Wildman–Crippen LogP) is 3.64. The van der Waals surface area contributed by atoms with Gasteiger partial charge >= 0.3 is 0 Å². The highest BCUT2D eigenvalue weighted by molar-refractivity contribution is 5.95. The number of hydrogen-bond acceptors (Lipinski definition) is 3. The van der Waals surface area contributed by atoms with E-state index in [-0.39, 0.29) is 17.2 Å². The van der Waals surface area contributed by atoms with Crippen LogP contribution < -0.4 is 10.6 Å². The maximum absolute atomic E-state index is 12.6. The third kappa shape index (κ3) is 2.92. The van der Waals surface area contributed by atoms with Crippen LogP contribution in [0.5, 0.6) is 0 Å². The number of pyridine rings is 1. The minimum Gasteiger partial charge on any atom is -0.326 e. The molecule has 1 aromatic carbocycles. The number of imidazole rings is 1. The maximum atomic E-state index is 12.6. The second-order valence-electron chi connectivity index (χ2n) is 7.98. The summed E-state index contributed by atoms with van der Waals surface area (Å²) in [5.74, 6) is 0.355. The Morgan fingerprint density at radius 3 is 2.74 bits per heavy atom. The first-order chi connectivity index (χ1) is 13.1. The van der Waals surface area contributed by atoms with Crippen molar-refractivity contribution in [2.45, 2.75) is 26.2 Å². The number of anilines is 1. The van der Waals surface area contributed by atoms with E-state index >= 15 is 0 Å². The first-order valence-electron chi connectivity index (χ1n) is 9.71. The molecule has 2 N–H and O–H groups in total. The smallest absolute Gasteiger partial charge is 0.228 e. The topological polar surface area (TPSA) is 58.4 Å². The van der Waals surface area contributed by atoms with E-state index in [1.807, 2.05) is 47.1 Å². The molecule has 1 atom stereocenters. The predicted molar refractivity (Wildman–Crippen MR) is 107 cm³/mol. The number of fused-ring (bicyclic) bond motifs is 1. The molecule has 1 saturated carbocycles. The lowest BCUT2D eigenvalue weighted by Crippen LogP contribution is -2.31. The third-order valence-corrected chi connectivity index (χ3v) is 6.23. The molecule has 1 amide bonds. The molecule has 2 aromatic heterocycles. The molecule has 1 spiro atoms. The number of hydrogen-bond donors (Lipinski definition) is 2. The lowest BCUT2D eigenvalue weighted by molar-refractivity contribution is -0.118. The van der Waals surface area contributed by atoms with E-state index in [9.17, 15) is 4.79 Å². The van der Waals surface area contributed by atoms with Crippen LogP contribution in [0.2, 0.25) is 0 Å². The molecular formula is C22H24N4O. The van der Waals surface area contributed by atoms with Gasteiger partial charge in [-0.2, -0.15) is 0 Å². The average molecular weight is 360 g/mol. The van der Waals surface area contributed by atoms with Gasteiger partial charge in [0.05, 0.1) is 5.69 Å². The monoisotopic (exact) mass is 360 g/mol. The van der Waals surface area contributed by atoms with Crippen molar-refractivity contribution in [3.63, 3.8) is 0 Å². The van der Waals surface area contributed by atoms with Crippen LogP contribution in [-0.2, 0) is 4.79 Å². The molecule has 3 heterocycles. The van der Waals surface area contributed by atoms with Gasteiger partial charge in [0.2, 0.25) is 5.91 Å². The second kappa shape index (κ2) is 6.20. The van der Waals surface area contributed by atoms with Crippen LogP contribution in [0.1, 0.15) is 24.8 Å². The van der Waals surface area contributed by atoms with Crippen molar-refractivity contribution in [2.75, 3.05) is 18.4 Å². The van der Waals surface area contributed by atoms with Crippen molar-refractivity contribution in [1.29, 1.82) is 0 Å². The number of nitrogens with one attached hydrogen (secondary N) is 2. The molecule has 0 bridgehead atoms. The van der Waals surface area contributed by atoms with Crippen molar-refractivity contribution < 1.29 is 4.79 Å². The molecule has 138 valence electrons. The van der Waals surface area contributed by atoms with Crippen molar-refractivity contribution in [1.82, 2.24) is 14.7 Å². The number of piperidine rings is 1. The lowest BCUT2D eigenvalue weighted by atomic mass is 9.92. The van der Waals surface area contributed by atoms with Crippen LogP contribution in [0.15, 0.2) is 48.8 Å². The molecule has 5 nitrogen and oxygen atoms in total. The minimum absolute atomic E-state index is 0.174. The number of rotatable bonds is 3. The number of amides is 1. The molecule has 5 heteroatoms. The van der Waals surface area contributed by atoms with E-state index in [2.05, 4.69) is 23.6 Å². The zero-order valence-electron chi connectivity index (χ0n) is 15.5. The molecule has 5 rings (SSSR count). The average Bonchev–Trinajstić information content (AvgIpc) is 3.18. The van der Waals surface area contributed by atoms with Gasteiger partial charge in [-0.3, -0.25) is 4.79 Å². The van der Waals surface area contributed by atoms with Gasteiger partial charge in [-0.1, -0.05) is 18.2 Å². The van der Waals surface area contributed by atoms with E-state index in [1.54, 1.807) is 0 Å². The summed E-state index contributed by atoms with van der Waals surface area (Å²) < 4.78 is 2.05. The lowest BCUT2D eigenvalue weighted by Gasteiger charge is -2.23. The van der Waals surface area contributed by atoms with Gasteiger partial charge in [0.25, 0.3) is 0 Å². The second-order valence-corrected chi connectivity index (χ2v) is 7.98. The van der Waals surface area contributed by atoms with E-state index in [1.165, 1.54) is 0 Å². The van der Waals surface area contributed by atoms with Crippen LogP contribution in [0.25, 0.3) is 16.9 Å². The number of benzene rings is 1. The largest absolute Gasteiger partial charge is 0.326 e. The first kappa shape index (κ1) is 16.5. The van der Waals surface area contributed by atoms with E-state index in [4.69, 9.17) is 4.98 Å². The van der Waals surface area contributed by atoms with Gasteiger partial charge in [0.1, 0.15) is 5.65 Å². The summed E-state index contributed by atoms with van der Waals surface area (Å²) in [6.45, 7) is 4.14. The Kier molecular flexibility index (Phi) is 3.79. The van der Waals surface area contributed by atoms with Crippen molar-refractivity contribution in [2.24, 2.45) is 11.3 Å². The van der Waals surface area contributed by atoms with Crippen LogP contribution in [-0.4, -0.2) is 28.4 Å². The van der Waals surface area contributed by atoms with Gasteiger partial charge in [0, 0.05) is 29.6 Å². The molecule has 1 unspecified atom stereocenters. The minimum atomic E-state index is 0.174. The molecular weight excluding hydrogens is 336 g/mol. The molecule has 2 aliphatic rings. The number of carbonyl (C=O) groups is 1. The standard InChI is InChI=1S/C22H24N4O/c1-15-3-2-12-26-14-19(25-20(15)26)16-4-6-17(7-5-16)24-21(27)18-13-22(18)8-10-23-11-9-22/h2-7,12,14,18,23H,8-11,13H2,1H3,(H,24,27). The summed E-state index contributed by atoms with van der Waals surface area (Å²) in [4.78, 5) is 17.3. The highest BCUT2D eigenvalue weighted by Crippen LogP contribution is 2.58. The number of aromatic nitrogens is 2. The molecule has 3 aromatic rings. The molecule has 1 aliphatic carbocycles.